The highest BCUT2D eigenvalue weighted by molar-refractivity contribution is 7.89. The highest BCUT2D eigenvalue weighted by Gasteiger charge is 2.17. The number of nitrogens with one attached hydrogen (secondary N) is 2. The van der Waals surface area contributed by atoms with E-state index in [1.807, 2.05) is 6.92 Å². The van der Waals surface area contributed by atoms with Crippen LogP contribution in [0.15, 0.2) is 23.2 Å². The van der Waals surface area contributed by atoms with Crippen molar-refractivity contribution >= 4 is 15.8 Å². The number of aromatic nitrogens is 1. The lowest BCUT2D eigenvalue weighted by molar-refractivity contribution is 0.581. The highest BCUT2D eigenvalue weighted by Crippen LogP contribution is 2.16. The van der Waals surface area contributed by atoms with Crippen molar-refractivity contribution in [3.63, 3.8) is 0 Å². The molecule has 0 saturated carbocycles. The van der Waals surface area contributed by atoms with Gasteiger partial charge in [0.05, 0.1) is 0 Å². The zero-order valence-corrected chi connectivity index (χ0v) is 9.63. The third kappa shape index (κ3) is 2.90. The monoisotopic (exact) mass is 229 g/mol. The van der Waals surface area contributed by atoms with Crippen LogP contribution in [0.25, 0.3) is 0 Å². The Balaban J connectivity index is 3.04. The Labute approximate surface area is 90.0 Å². The minimum atomic E-state index is -3.44. The molecule has 0 radical (unpaired) electrons. The first-order valence-corrected chi connectivity index (χ1v) is 6.22. The third-order valence-electron chi connectivity index (χ3n) is 1.84. The molecule has 0 unspecified atom stereocenters. The smallest absolute Gasteiger partial charge is 0.244 e. The van der Waals surface area contributed by atoms with Crippen molar-refractivity contribution < 1.29 is 8.42 Å². The number of nitrogens with zero attached hydrogens (tertiary/aromatic N) is 1. The summed E-state index contributed by atoms with van der Waals surface area (Å²) in [6.07, 6.45) is 2.30. The molecule has 6 heteroatoms. The molecule has 1 rings (SSSR count). The van der Waals surface area contributed by atoms with E-state index >= 15 is 0 Å². The summed E-state index contributed by atoms with van der Waals surface area (Å²) in [4.78, 5) is 4.12. The molecule has 0 aromatic carbocycles. The Morgan fingerprint density at radius 1 is 1.47 bits per heavy atom. The fourth-order valence-corrected chi connectivity index (χ4v) is 2.40. The third-order valence-corrected chi connectivity index (χ3v) is 3.33. The summed E-state index contributed by atoms with van der Waals surface area (Å²) in [5, 5.41) is 2.75. The number of sulfonamides is 1. The van der Waals surface area contributed by atoms with E-state index in [1.165, 1.54) is 6.07 Å². The quantitative estimate of drug-likeness (QED) is 0.784. The fourth-order valence-electron chi connectivity index (χ4n) is 1.11. The standard InChI is InChI=1S/C9H15N3O2S/c1-3-6-12-15(13,14)8-5-4-7-11-9(8)10-2/h4-5,7,12H,3,6H2,1-2H3,(H,10,11). The van der Waals surface area contributed by atoms with Crippen LogP contribution < -0.4 is 10.0 Å². The number of anilines is 1. The molecule has 0 aliphatic carbocycles. The van der Waals surface area contributed by atoms with Crippen molar-refractivity contribution in [2.75, 3.05) is 18.9 Å². The van der Waals surface area contributed by atoms with Crippen LogP contribution in [0, 0.1) is 0 Å². The summed E-state index contributed by atoms with van der Waals surface area (Å²) in [5.74, 6) is 0.362. The Morgan fingerprint density at radius 2 is 2.20 bits per heavy atom. The van der Waals surface area contributed by atoms with Gasteiger partial charge in [-0.15, -0.1) is 0 Å². The molecule has 0 aliphatic heterocycles. The van der Waals surface area contributed by atoms with Gasteiger partial charge in [-0.1, -0.05) is 6.92 Å². The molecule has 0 amide bonds. The maximum Gasteiger partial charge on any atom is 0.244 e. The van der Waals surface area contributed by atoms with E-state index in [4.69, 9.17) is 0 Å². The van der Waals surface area contributed by atoms with Crippen LogP contribution in [0.4, 0.5) is 5.82 Å². The van der Waals surface area contributed by atoms with Crippen molar-refractivity contribution in [3.05, 3.63) is 18.3 Å². The average Bonchev–Trinajstić information content (AvgIpc) is 2.26. The molecule has 1 aromatic heterocycles. The second-order valence-corrected chi connectivity index (χ2v) is 4.73. The van der Waals surface area contributed by atoms with Crippen molar-refractivity contribution in [1.82, 2.24) is 9.71 Å². The minimum Gasteiger partial charge on any atom is -0.372 e. The zero-order chi connectivity index (χ0) is 11.3. The largest absolute Gasteiger partial charge is 0.372 e. The van der Waals surface area contributed by atoms with E-state index in [-0.39, 0.29) is 4.90 Å². The number of rotatable bonds is 5. The summed E-state index contributed by atoms with van der Waals surface area (Å²) in [5.41, 5.74) is 0. The van der Waals surface area contributed by atoms with Gasteiger partial charge < -0.3 is 5.32 Å². The van der Waals surface area contributed by atoms with E-state index in [0.29, 0.717) is 12.4 Å². The number of hydrogen-bond acceptors (Lipinski definition) is 4. The average molecular weight is 229 g/mol. The van der Waals surface area contributed by atoms with Crippen LogP contribution in [-0.2, 0) is 10.0 Å². The van der Waals surface area contributed by atoms with Gasteiger partial charge in [0.2, 0.25) is 10.0 Å². The second kappa shape index (κ2) is 5.09. The Kier molecular flexibility index (Phi) is 4.05. The van der Waals surface area contributed by atoms with E-state index < -0.39 is 10.0 Å². The van der Waals surface area contributed by atoms with Crippen molar-refractivity contribution in [2.45, 2.75) is 18.2 Å². The lowest BCUT2D eigenvalue weighted by atomic mass is 10.5. The van der Waals surface area contributed by atoms with Crippen LogP contribution in [0.3, 0.4) is 0 Å². The molecule has 5 nitrogen and oxygen atoms in total. The van der Waals surface area contributed by atoms with Gasteiger partial charge in [-0.2, -0.15) is 0 Å². The zero-order valence-electron chi connectivity index (χ0n) is 8.82. The van der Waals surface area contributed by atoms with Gasteiger partial charge in [-0.05, 0) is 18.6 Å². The molecule has 0 atom stereocenters. The van der Waals surface area contributed by atoms with Crippen molar-refractivity contribution in [3.8, 4) is 0 Å². The first-order chi connectivity index (χ1) is 7.11. The highest BCUT2D eigenvalue weighted by atomic mass is 32.2. The number of hydrogen-bond donors (Lipinski definition) is 2. The van der Waals surface area contributed by atoms with Crippen LogP contribution in [0.5, 0.6) is 0 Å². The second-order valence-electron chi connectivity index (χ2n) is 3.00. The SMILES string of the molecule is CCCNS(=O)(=O)c1cccnc1NC. The predicted octanol–water partition coefficient (Wildman–Crippen LogP) is 0.812. The van der Waals surface area contributed by atoms with Gasteiger partial charge in [0, 0.05) is 19.8 Å². The fraction of sp³-hybridized carbons (Fsp3) is 0.444. The van der Waals surface area contributed by atoms with Crippen molar-refractivity contribution in [1.29, 1.82) is 0 Å². The van der Waals surface area contributed by atoms with Gasteiger partial charge in [-0.3, -0.25) is 0 Å². The molecule has 2 N–H and O–H groups in total. The van der Waals surface area contributed by atoms with E-state index in [9.17, 15) is 8.42 Å². The minimum absolute atomic E-state index is 0.181. The van der Waals surface area contributed by atoms with Gasteiger partial charge in [-0.25, -0.2) is 18.1 Å². The maximum atomic E-state index is 11.8. The molecule has 15 heavy (non-hydrogen) atoms. The van der Waals surface area contributed by atoms with Gasteiger partial charge in [0.1, 0.15) is 10.7 Å². The molecule has 0 fully saturated rings. The molecule has 1 aromatic rings. The van der Waals surface area contributed by atoms with Gasteiger partial charge >= 0.3 is 0 Å². The summed E-state index contributed by atoms with van der Waals surface area (Å²) >= 11 is 0. The molecule has 84 valence electrons. The number of pyridine rings is 1. The van der Waals surface area contributed by atoms with Crippen LogP contribution in [0.2, 0.25) is 0 Å². The van der Waals surface area contributed by atoms with Crippen LogP contribution >= 0.6 is 0 Å². The Bertz CT molecular complexity index is 417. The molecule has 0 bridgehead atoms. The molecule has 0 spiro atoms. The normalized spacial score (nSPS) is 11.3. The van der Waals surface area contributed by atoms with E-state index in [2.05, 4.69) is 15.0 Å². The lowest BCUT2D eigenvalue weighted by Gasteiger charge is -2.09. The first-order valence-electron chi connectivity index (χ1n) is 4.74. The lowest BCUT2D eigenvalue weighted by Crippen LogP contribution is -2.25. The molecular formula is C9H15N3O2S. The maximum absolute atomic E-state index is 11.8. The first kappa shape index (κ1) is 11.9. The summed E-state index contributed by atoms with van der Waals surface area (Å²) < 4.78 is 26.1. The Morgan fingerprint density at radius 3 is 2.80 bits per heavy atom. The van der Waals surface area contributed by atoms with E-state index in [0.717, 1.165) is 6.42 Å². The summed E-state index contributed by atoms with van der Waals surface area (Å²) in [6, 6.07) is 3.12. The van der Waals surface area contributed by atoms with Crippen LogP contribution in [0.1, 0.15) is 13.3 Å². The molecule has 1 heterocycles. The molecule has 0 saturated heterocycles. The topological polar surface area (TPSA) is 71.1 Å². The Hall–Kier alpha value is -1.14. The summed E-state index contributed by atoms with van der Waals surface area (Å²) in [6.45, 7) is 2.34. The summed E-state index contributed by atoms with van der Waals surface area (Å²) in [7, 11) is -1.80. The van der Waals surface area contributed by atoms with E-state index in [1.54, 1.807) is 19.3 Å². The molecular weight excluding hydrogens is 214 g/mol. The van der Waals surface area contributed by atoms with Crippen molar-refractivity contribution in [2.24, 2.45) is 0 Å². The van der Waals surface area contributed by atoms with Crippen LogP contribution in [-0.4, -0.2) is 27.0 Å². The molecule has 0 aliphatic rings. The van der Waals surface area contributed by atoms with Gasteiger partial charge in [0.15, 0.2) is 0 Å². The predicted molar refractivity (Wildman–Crippen MR) is 59.3 cm³/mol. The van der Waals surface area contributed by atoms with Gasteiger partial charge in [0.25, 0.3) is 0 Å².